The maximum atomic E-state index is 13.9. The van der Waals surface area contributed by atoms with Crippen molar-refractivity contribution in [3.63, 3.8) is 0 Å². The van der Waals surface area contributed by atoms with Gasteiger partial charge in [-0.15, -0.1) is 0 Å². The molecule has 39 heavy (non-hydrogen) atoms. The van der Waals surface area contributed by atoms with Crippen LogP contribution in [0.3, 0.4) is 0 Å². The number of hydrogen-bond acceptors (Lipinski definition) is 4. The second-order valence-electron chi connectivity index (χ2n) is 9.69. The molecule has 7 nitrogen and oxygen atoms in total. The van der Waals surface area contributed by atoms with Gasteiger partial charge in [0.2, 0.25) is 21.8 Å². The fourth-order valence-corrected chi connectivity index (χ4v) is 5.37. The number of hydrogen-bond donors (Lipinski definition) is 1. The van der Waals surface area contributed by atoms with Crippen molar-refractivity contribution in [3.05, 3.63) is 101 Å². The Morgan fingerprint density at radius 3 is 2.18 bits per heavy atom. The molecule has 3 rings (SSSR count). The number of benzene rings is 3. The molecule has 0 unspecified atom stereocenters. The number of halogens is 1. The zero-order chi connectivity index (χ0) is 28.6. The monoisotopic (exact) mass is 569 g/mol. The number of nitrogens with zero attached hydrogens (tertiary/aromatic N) is 2. The molecule has 3 aromatic rings. The SMILES string of the molecule is CC[C@H](C)NC(=O)[C@H](Cc1ccccc1)N(Cc1ccccc1C)C(=O)CN(C)S(=O)(=O)c1ccc(Cl)cc1. The van der Waals surface area contributed by atoms with Gasteiger partial charge in [0.15, 0.2) is 0 Å². The molecule has 3 aromatic carbocycles. The van der Waals surface area contributed by atoms with Gasteiger partial charge in [-0.1, -0.05) is 73.1 Å². The number of carbonyl (C=O) groups excluding carboxylic acids is 2. The summed E-state index contributed by atoms with van der Waals surface area (Å²) in [7, 11) is -2.61. The zero-order valence-corrected chi connectivity index (χ0v) is 24.4. The number of carbonyl (C=O) groups is 2. The molecule has 1 N–H and O–H groups in total. The summed E-state index contributed by atoms with van der Waals surface area (Å²) < 4.78 is 27.5. The molecule has 2 atom stereocenters. The molecule has 0 bridgehead atoms. The summed E-state index contributed by atoms with van der Waals surface area (Å²) >= 11 is 5.93. The van der Waals surface area contributed by atoms with Crippen molar-refractivity contribution in [2.75, 3.05) is 13.6 Å². The Labute approximate surface area is 236 Å². The van der Waals surface area contributed by atoms with Crippen molar-refractivity contribution in [1.29, 1.82) is 0 Å². The van der Waals surface area contributed by atoms with Gasteiger partial charge in [-0.3, -0.25) is 9.59 Å². The van der Waals surface area contributed by atoms with Gasteiger partial charge in [0, 0.05) is 31.1 Å². The second kappa shape index (κ2) is 13.7. The number of nitrogens with one attached hydrogen (secondary N) is 1. The number of aryl methyl sites for hydroxylation is 1. The molecule has 0 aliphatic heterocycles. The van der Waals surface area contributed by atoms with Gasteiger partial charge in [0.25, 0.3) is 0 Å². The summed E-state index contributed by atoms with van der Waals surface area (Å²) in [5, 5.41) is 3.43. The van der Waals surface area contributed by atoms with Crippen LogP contribution in [-0.4, -0.2) is 55.1 Å². The quantitative estimate of drug-likeness (QED) is 0.339. The van der Waals surface area contributed by atoms with E-state index in [0.717, 1.165) is 27.4 Å². The van der Waals surface area contributed by atoms with Gasteiger partial charge < -0.3 is 10.2 Å². The number of likely N-dealkylation sites (N-methyl/N-ethyl adjacent to an activating group) is 1. The van der Waals surface area contributed by atoms with Gasteiger partial charge in [-0.25, -0.2) is 8.42 Å². The number of amides is 2. The molecular formula is C30H36ClN3O4S. The molecule has 0 saturated heterocycles. The molecule has 2 amide bonds. The van der Waals surface area contributed by atoms with Crippen molar-refractivity contribution in [2.45, 2.75) is 57.1 Å². The third kappa shape index (κ3) is 8.14. The van der Waals surface area contributed by atoms with E-state index in [-0.39, 0.29) is 29.8 Å². The molecule has 0 aliphatic rings. The van der Waals surface area contributed by atoms with E-state index in [2.05, 4.69) is 5.32 Å². The van der Waals surface area contributed by atoms with Crippen LogP contribution in [0.15, 0.2) is 83.8 Å². The Bertz CT molecular complexity index is 1360. The predicted molar refractivity (Wildman–Crippen MR) is 155 cm³/mol. The minimum Gasteiger partial charge on any atom is -0.352 e. The molecule has 0 aromatic heterocycles. The highest BCUT2D eigenvalue weighted by Crippen LogP contribution is 2.20. The lowest BCUT2D eigenvalue weighted by molar-refractivity contribution is -0.141. The summed E-state index contributed by atoms with van der Waals surface area (Å²) in [5.74, 6) is -0.753. The van der Waals surface area contributed by atoms with Crippen molar-refractivity contribution in [3.8, 4) is 0 Å². The Morgan fingerprint density at radius 2 is 1.56 bits per heavy atom. The van der Waals surface area contributed by atoms with E-state index in [1.807, 2.05) is 75.4 Å². The predicted octanol–water partition coefficient (Wildman–Crippen LogP) is 4.82. The smallest absolute Gasteiger partial charge is 0.243 e. The van der Waals surface area contributed by atoms with Gasteiger partial charge in [-0.2, -0.15) is 4.31 Å². The summed E-state index contributed by atoms with van der Waals surface area (Å²) in [6.45, 7) is 5.56. The Kier molecular flexibility index (Phi) is 10.7. The van der Waals surface area contributed by atoms with E-state index in [4.69, 9.17) is 11.6 Å². The molecule has 9 heteroatoms. The van der Waals surface area contributed by atoms with E-state index in [0.29, 0.717) is 5.02 Å². The summed E-state index contributed by atoms with van der Waals surface area (Å²) in [6, 6.07) is 22.0. The molecule has 208 valence electrons. The van der Waals surface area contributed by atoms with Gasteiger partial charge in [0.1, 0.15) is 6.04 Å². The third-order valence-electron chi connectivity index (χ3n) is 6.75. The first-order valence-electron chi connectivity index (χ1n) is 12.9. The second-order valence-corrected chi connectivity index (χ2v) is 12.2. The van der Waals surface area contributed by atoms with Crippen molar-refractivity contribution in [2.24, 2.45) is 0 Å². The average molecular weight is 570 g/mol. The van der Waals surface area contributed by atoms with Crippen molar-refractivity contribution >= 4 is 33.4 Å². The van der Waals surface area contributed by atoms with Crippen LogP contribution in [0.2, 0.25) is 5.02 Å². The van der Waals surface area contributed by atoms with Gasteiger partial charge in [0.05, 0.1) is 11.4 Å². The van der Waals surface area contributed by atoms with Crippen LogP contribution in [0.25, 0.3) is 0 Å². The summed E-state index contributed by atoms with van der Waals surface area (Å²) in [4.78, 5) is 29.1. The Morgan fingerprint density at radius 1 is 0.949 bits per heavy atom. The van der Waals surface area contributed by atoms with E-state index < -0.39 is 28.5 Å². The molecule has 0 aliphatic carbocycles. The Hall–Kier alpha value is -3.20. The number of rotatable bonds is 12. The van der Waals surface area contributed by atoms with Crippen LogP contribution >= 0.6 is 11.6 Å². The first-order chi connectivity index (χ1) is 18.5. The van der Waals surface area contributed by atoms with Gasteiger partial charge >= 0.3 is 0 Å². The molecule has 0 fully saturated rings. The lowest BCUT2D eigenvalue weighted by Crippen LogP contribution is -2.54. The van der Waals surface area contributed by atoms with E-state index in [9.17, 15) is 18.0 Å². The largest absolute Gasteiger partial charge is 0.352 e. The summed E-state index contributed by atoms with van der Waals surface area (Å²) in [5.41, 5.74) is 2.74. The highest BCUT2D eigenvalue weighted by Gasteiger charge is 2.33. The van der Waals surface area contributed by atoms with Crippen molar-refractivity contribution in [1.82, 2.24) is 14.5 Å². The number of sulfonamides is 1. The molecule has 0 spiro atoms. The lowest BCUT2D eigenvalue weighted by atomic mass is 10.0. The van der Waals surface area contributed by atoms with Crippen LogP contribution in [0, 0.1) is 6.92 Å². The fourth-order valence-electron chi connectivity index (χ4n) is 4.12. The van der Waals surface area contributed by atoms with Gasteiger partial charge in [-0.05, 0) is 61.2 Å². The van der Waals surface area contributed by atoms with E-state index in [1.54, 1.807) is 0 Å². The molecular weight excluding hydrogens is 534 g/mol. The first kappa shape index (κ1) is 30.3. The molecule has 0 heterocycles. The fraction of sp³-hybridized carbons (Fsp3) is 0.333. The molecule has 0 radical (unpaired) electrons. The highest BCUT2D eigenvalue weighted by atomic mass is 35.5. The average Bonchev–Trinajstić information content (AvgIpc) is 2.92. The summed E-state index contributed by atoms with van der Waals surface area (Å²) in [6.07, 6.45) is 1.02. The maximum absolute atomic E-state index is 13.9. The minimum atomic E-state index is -3.97. The van der Waals surface area contributed by atoms with E-state index >= 15 is 0 Å². The van der Waals surface area contributed by atoms with Crippen LogP contribution in [0.1, 0.15) is 37.0 Å². The van der Waals surface area contributed by atoms with Crippen LogP contribution in [0.4, 0.5) is 0 Å². The topological polar surface area (TPSA) is 86.8 Å². The highest BCUT2D eigenvalue weighted by molar-refractivity contribution is 7.89. The maximum Gasteiger partial charge on any atom is 0.243 e. The molecule has 0 saturated carbocycles. The standard InChI is InChI=1S/C30H36ClN3O4S/c1-5-23(3)32-30(36)28(19-24-12-7-6-8-13-24)34(20-25-14-10-9-11-22(25)2)29(35)21-33(4)39(37,38)27-17-15-26(31)16-18-27/h6-18,23,28H,5,19-21H2,1-4H3,(H,32,36)/t23-,28-/m0/s1. The first-order valence-corrected chi connectivity index (χ1v) is 14.7. The van der Waals surface area contributed by atoms with Crippen LogP contribution < -0.4 is 5.32 Å². The van der Waals surface area contributed by atoms with Crippen LogP contribution in [0.5, 0.6) is 0 Å². The zero-order valence-electron chi connectivity index (χ0n) is 22.8. The lowest BCUT2D eigenvalue weighted by Gasteiger charge is -2.33. The normalized spacial score (nSPS) is 13.1. The van der Waals surface area contributed by atoms with Crippen molar-refractivity contribution < 1.29 is 18.0 Å². The Balaban J connectivity index is 1.99. The van der Waals surface area contributed by atoms with E-state index in [1.165, 1.54) is 36.2 Å². The third-order valence-corrected chi connectivity index (χ3v) is 8.82. The van der Waals surface area contributed by atoms with Crippen LogP contribution in [-0.2, 0) is 32.6 Å². The minimum absolute atomic E-state index is 0.0306.